The molecule has 13 nitrogen and oxygen atoms in total. The zero-order chi connectivity index (χ0) is 37.2. The smallest absolute Gasteiger partial charge is 0.316 e. The molecule has 2 unspecified atom stereocenters. The molecule has 1 aliphatic rings. The van der Waals surface area contributed by atoms with Crippen LogP contribution >= 0.6 is 10.8 Å². The normalized spacial score (nSPS) is 17.1. The average Bonchev–Trinajstić information content (AvgIpc) is 3.52. The summed E-state index contributed by atoms with van der Waals surface area (Å²) in [5.41, 5.74) is 11.3. The Balaban J connectivity index is 1.41. The summed E-state index contributed by atoms with van der Waals surface area (Å²) in [4.78, 5) is 23.2. The highest BCUT2D eigenvalue weighted by Crippen LogP contribution is 2.57. The van der Waals surface area contributed by atoms with Crippen molar-refractivity contribution < 1.29 is 23.4 Å². The van der Waals surface area contributed by atoms with E-state index in [0.717, 1.165) is 38.9 Å². The molecular formula is C38H48N8O5S. The van der Waals surface area contributed by atoms with Crippen LogP contribution in [0.15, 0.2) is 71.9 Å². The first-order chi connectivity index (χ1) is 24.9. The van der Waals surface area contributed by atoms with E-state index in [1.807, 2.05) is 70.5 Å². The summed E-state index contributed by atoms with van der Waals surface area (Å²) in [7, 11) is -3.38. The number of nitrogens with two attached hydrogens (primary N) is 1. The van der Waals surface area contributed by atoms with Gasteiger partial charge in [0.05, 0.1) is 35.6 Å². The Hall–Kier alpha value is -4.60. The fourth-order valence-electron chi connectivity index (χ4n) is 6.80. The molecule has 276 valence electrons. The summed E-state index contributed by atoms with van der Waals surface area (Å²) in [5.74, 6) is -0.200. The zero-order valence-electron chi connectivity index (χ0n) is 30.5. The van der Waals surface area contributed by atoms with E-state index in [1.54, 1.807) is 22.5 Å². The molecular weight excluding hydrogens is 681 g/mol. The number of aryl methyl sites for hydroxylation is 3. The van der Waals surface area contributed by atoms with Gasteiger partial charge in [-0.2, -0.15) is 4.31 Å². The topological polar surface area (TPSA) is 174 Å². The molecule has 1 aliphatic heterocycles. The first-order valence-corrected chi connectivity index (χ1v) is 19.1. The van der Waals surface area contributed by atoms with Gasteiger partial charge >= 0.3 is 6.01 Å². The van der Waals surface area contributed by atoms with Crippen LogP contribution in [0.3, 0.4) is 0 Å². The maximum absolute atomic E-state index is 14.4. The van der Waals surface area contributed by atoms with Crippen LogP contribution in [0.4, 0.5) is 5.69 Å². The van der Waals surface area contributed by atoms with Crippen molar-refractivity contribution in [2.24, 2.45) is 11.1 Å². The molecule has 0 fully saturated rings. The highest BCUT2D eigenvalue weighted by atomic mass is 32.3. The number of hydrogen-bond donors (Lipinski definition) is 4. The summed E-state index contributed by atoms with van der Waals surface area (Å²) in [5, 5.41) is 11.9. The van der Waals surface area contributed by atoms with Crippen LogP contribution in [0.25, 0.3) is 11.0 Å². The van der Waals surface area contributed by atoms with Crippen LogP contribution in [-0.4, -0.2) is 70.1 Å². The van der Waals surface area contributed by atoms with E-state index in [-0.39, 0.29) is 31.2 Å². The van der Waals surface area contributed by atoms with E-state index in [1.165, 1.54) is 12.4 Å². The summed E-state index contributed by atoms with van der Waals surface area (Å²) in [6.07, 6.45) is 3.49. The number of hydrogen-bond acceptors (Lipinski definition) is 11. The molecule has 2 atom stereocenters. The quantitative estimate of drug-likeness (QED) is 0.108. The van der Waals surface area contributed by atoms with E-state index in [4.69, 9.17) is 15.2 Å². The van der Waals surface area contributed by atoms with E-state index >= 15 is 0 Å². The molecule has 0 saturated heterocycles. The molecule has 3 heterocycles. The van der Waals surface area contributed by atoms with Crippen LogP contribution in [0.1, 0.15) is 67.9 Å². The van der Waals surface area contributed by atoms with Gasteiger partial charge in [0.2, 0.25) is 5.91 Å². The molecule has 5 aromatic rings. The molecule has 0 bridgehead atoms. The van der Waals surface area contributed by atoms with Crippen molar-refractivity contribution in [3.05, 3.63) is 94.8 Å². The van der Waals surface area contributed by atoms with Gasteiger partial charge in [-0.1, -0.05) is 62.4 Å². The standard InChI is InChI=1S/C38H48N8O5S/c1-7-29-23-45(52(48,49)33-12-10-9-11-32(33)51-29)22-27-19-26(14-13-24(27)3)34(30-15-16-31-35(25(30)4)43-44-46(31)8-2)38(5,6)36(47)42-28-20-40-37(41-21-28)50-18-17-39/h9-16,19-21,29,34,48-49H,7-8,17-18,22-23,39H2,1-6H3,(H,42,47). The van der Waals surface area contributed by atoms with E-state index < -0.39 is 22.1 Å². The van der Waals surface area contributed by atoms with Gasteiger partial charge in [0, 0.05) is 25.6 Å². The molecule has 1 amide bonds. The number of aromatic nitrogens is 5. The number of benzene rings is 3. The monoisotopic (exact) mass is 728 g/mol. The van der Waals surface area contributed by atoms with Crippen LogP contribution < -0.4 is 20.5 Å². The second-order valence-corrected chi connectivity index (χ2v) is 15.7. The van der Waals surface area contributed by atoms with Crippen molar-refractivity contribution in [3.63, 3.8) is 0 Å². The SMILES string of the molecule is CCC1CN(Cc2cc(C(c3ccc4c(nnn4CC)c3C)C(C)(C)C(=O)Nc3cnc(OCCN)nc3)ccc2C)S(O)(O)c2ccccc2O1. The number of para-hydroxylation sites is 1. The van der Waals surface area contributed by atoms with Crippen molar-refractivity contribution in [1.82, 2.24) is 29.3 Å². The third-order valence-electron chi connectivity index (χ3n) is 9.85. The summed E-state index contributed by atoms with van der Waals surface area (Å²) < 4.78 is 38.7. The van der Waals surface area contributed by atoms with Gasteiger partial charge in [-0.3, -0.25) is 13.9 Å². The van der Waals surface area contributed by atoms with E-state index in [9.17, 15) is 13.9 Å². The fraction of sp³-hybridized carbons (Fsp3) is 0.395. The molecule has 0 saturated carbocycles. The van der Waals surface area contributed by atoms with Crippen LogP contribution in [0.2, 0.25) is 0 Å². The molecule has 14 heteroatoms. The largest absolute Gasteiger partial charge is 0.487 e. The number of nitrogens with zero attached hydrogens (tertiary/aromatic N) is 6. The van der Waals surface area contributed by atoms with Crippen molar-refractivity contribution >= 4 is 33.4 Å². The number of fused-ring (bicyclic) bond motifs is 2. The highest BCUT2D eigenvalue weighted by molar-refractivity contribution is 8.22. The van der Waals surface area contributed by atoms with Gasteiger partial charge in [-0.05, 0) is 73.2 Å². The van der Waals surface area contributed by atoms with Crippen molar-refractivity contribution in [1.29, 1.82) is 0 Å². The molecule has 2 aromatic heterocycles. The second kappa shape index (κ2) is 15.2. The van der Waals surface area contributed by atoms with Crippen LogP contribution in [-0.2, 0) is 17.9 Å². The lowest BCUT2D eigenvalue weighted by molar-refractivity contribution is -0.124. The summed E-state index contributed by atoms with van der Waals surface area (Å²) >= 11 is 0. The molecule has 0 radical (unpaired) electrons. The number of amides is 1. The number of rotatable bonds is 12. The highest BCUT2D eigenvalue weighted by Gasteiger charge is 2.41. The Kier molecular flexibility index (Phi) is 10.8. The number of carbonyl (C=O) groups excluding carboxylic acids is 1. The van der Waals surface area contributed by atoms with Gasteiger partial charge < -0.3 is 20.5 Å². The summed E-state index contributed by atoms with van der Waals surface area (Å²) in [6.45, 7) is 13.8. The Bertz CT molecular complexity index is 2050. The van der Waals surface area contributed by atoms with Crippen molar-refractivity contribution in [3.8, 4) is 11.8 Å². The lowest BCUT2D eigenvalue weighted by Gasteiger charge is -2.42. The third-order valence-corrected chi connectivity index (χ3v) is 11.8. The van der Waals surface area contributed by atoms with Gasteiger partial charge in [0.1, 0.15) is 28.9 Å². The van der Waals surface area contributed by atoms with E-state index in [2.05, 4.69) is 37.7 Å². The number of nitrogens with one attached hydrogen (secondary N) is 1. The van der Waals surface area contributed by atoms with Crippen molar-refractivity contribution in [2.45, 2.75) is 78.0 Å². The number of carbonyl (C=O) groups is 1. The Labute approximate surface area is 306 Å². The lowest BCUT2D eigenvalue weighted by Crippen LogP contribution is -2.37. The lowest BCUT2D eigenvalue weighted by atomic mass is 9.69. The molecule has 0 aliphatic carbocycles. The Morgan fingerprint density at radius 1 is 1.12 bits per heavy atom. The van der Waals surface area contributed by atoms with Crippen LogP contribution in [0.5, 0.6) is 11.8 Å². The molecule has 52 heavy (non-hydrogen) atoms. The molecule has 5 N–H and O–H groups in total. The maximum Gasteiger partial charge on any atom is 0.316 e. The predicted molar refractivity (Wildman–Crippen MR) is 203 cm³/mol. The van der Waals surface area contributed by atoms with Crippen LogP contribution in [0, 0.1) is 19.3 Å². The Morgan fingerprint density at radius 2 is 1.87 bits per heavy atom. The van der Waals surface area contributed by atoms with E-state index in [0.29, 0.717) is 42.4 Å². The minimum atomic E-state index is -3.38. The van der Waals surface area contributed by atoms with Gasteiger partial charge in [0.15, 0.2) is 0 Å². The van der Waals surface area contributed by atoms with Crippen molar-refractivity contribution in [2.75, 3.05) is 25.0 Å². The first kappa shape index (κ1) is 37.2. The average molecular weight is 729 g/mol. The second-order valence-electron chi connectivity index (χ2n) is 13.7. The molecule has 0 spiro atoms. The third kappa shape index (κ3) is 7.21. The Morgan fingerprint density at radius 3 is 2.58 bits per heavy atom. The number of ether oxygens (including phenoxy) is 2. The first-order valence-electron chi connectivity index (χ1n) is 17.6. The number of anilines is 1. The summed E-state index contributed by atoms with van der Waals surface area (Å²) in [6, 6.07) is 17.6. The predicted octanol–water partition coefficient (Wildman–Crippen LogP) is 6.69. The fourth-order valence-corrected chi connectivity index (χ4v) is 8.42. The minimum absolute atomic E-state index is 0.179. The van der Waals surface area contributed by atoms with Gasteiger partial charge in [-0.25, -0.2) is 14.6 Å². The molecule has 6 rings (SSSR count). The van der Waals surface area contributed by atoms with Gasteiger partial charge in [0.25, 0.3) is 0 Å². The maximum atomic E-state index is 14.4. The van der Waals surface area contributed by atoms with Gasteiger partial charge in [-0.15, -0.1) is 15.9 Å². The minimum Gasteiger partial charge on any atom is -0.487 e. The zero-order valence-corrected chi connectivity index (χ0v) is 31.4. The molecule has 3 aromatic carbocycles.